The molecule has 0 aromatic heterocycles. The number of carboxylic acids is 1. The third kappa shape index (κ3) is 4.91. The summed E-state index contributed by atoms with van der Waals surface area (Å²) < 4.78 is 5.58. The summed E-state index contributed by atoms with van der Waals surface area (Å²) in [4.78, 5) is 38.7. The van der Waals surface area contributed by atoms with Crippen molar-refractivity contribution in [2.45, 2.75) is 38.1 Å². The van der Waals surface area contributed by atoms with Gasteiger partial charge in [0.25, 0.3) is 0 Å². The van der Waals surface area contributed by atoms with E-state index in [2.05, 4.69) is 29.3 Å². The average Bonchev–Trinajstić information content (AvgIpc) is 3.18. The molecule has 2 aromatic carbocycles. The molecule has 4 rings (SSSR count). The maximum absolute atomic E-state index is 13.1. The van der Waals surface area contributed by atoms with Crippen LogP contribution in [0.1, 0.15) is 43.2 Å². The Hall–Kier alpha value is -3.79. The van der Waals surface area contributed by atoms with Gasteiger partial charge in [0.1, 0.15) is 12.6 Å². The van der Waals surface area contributed by atoms with Crippen LogP contribution in [0.25, 0.3) is 11.1 Å². The Morgan fingerprint density at radius 3 is 2.38 bits per heavy atom. The Morgan fingerprint density at radius 2 is 1.76 bits per heavy atom. The molecule has 1 fully saturated rings. The third-order valence-electron chi connectivity index (χ3n) is 6.50. The minimum Gasteiger partial charge on any atom is -0.481 e. The normalized spacial score (nSPS) is 17.6. The summed E-state index contributed by atoms with van der Waals surface area (Å²) in [5.41, 5.74) is 4.48. The van der Waals surface area contributed by atoms with E-state index < -0.39 is 24.0 Å². The Balaban J connectivity index is 1.42. The van der Waals surface area contributed by atoms with Gasteiger partial charge in [-0.15, -0.1) is 11.8 Å². The summed E-state index contributed by atoms with van der Waals surface area (Å²) in [5.74, 6) is 3.68. The number of benzene rings is 2. The Bertz CT molecular complexity index is 1100. The van der Waals surface area contributed by atoms with E-state index in [1.807, 2.05) is 36.4 Å². The number of carbonyl (C=O) groups excluding carboxylic acids is 2. The van der Waals surface area contributed by atoms with Gasteiger partial charge in [-0.25, -0.2) is 4.79 Å². The maximum Gasteiger partial charge on any atom is 0.407 e. The standard InChI is InChI=1S/C27H28N2O5/c1-2-3-14-24(25(30)29-15-8-9-18(16-29)26(31)32)28-27(33)34-17-23-21-12-6-4-10-19(21)20-11-5-7-13-22(20)23/h4-7,10-13,18,23-24H,8-9,14-17H2,1H3,(H,28,33)(H,31,32). The topological polar surface area (TPSA) is 95.9 Å². The van der Waals surface area contributed by atoms with Gasteiger partial charge in [0, 0.05) is 25.4 Å². The van der Waals surface area contributed by atoms with Gasteiger partial charge in [-0.1, -0.05) is 48.5 Å². The molecule has 2 atom stereocenters. The van der Waals surface area contributed by atoms with Crippen LogP contribution in [0.15, 0.2) is 48.5 Å². The first-order chi connectivity index (χ1) is 16.5. The Kier molecular flexibility index (Phi) is 7.17. The van der Waals surface area contributed by atoms with E-state index in [1.54, 1.807) is 6.92 Å². The smallest absolute Gasteiger partial charge is 0.407 e. The van der Waals surface area contributed by atoms with E-state index in [0.29, 0.717) is 19.4 Å². The predicted molar refractivity (Wildman–Crippen MR) is 127 cm³/mol. The minimum atomic E-state index is -0.910. The number of hydrogen-bond acceptors (Lipinski definition) is 4. The first kappa shape index (κ1) is 23.4. The van der Waals surface area contributed by atoms with Crippen molar-refractivity contribution in [3.05, 3.63) is 59.7 Å². The number of fused-ring (bicyclic) bond motifs is 3. The summed E-state index contributed by atoms with van der Waals surface area (Å²) in [6, 6.07) is 15.2. The van der Waals surface area contributed by atoms with Crippen molar-refractivity contribution in [1.29, 1.82) is 0 Å². The molecule has 7 heteroatoms. The number of amides is 2. The number of carbonyl (C=O) groups is 3. The largest absolute Gasteiger partial charge is 0.481 e. The number of carboxylic acid groups (broad SMARTS) is 1. The van der Waals surface area contributed by atoms with E-state index in [-0.39, 0.29) is 31.4 Å². The zero-order valence-electron chi connectivity index (χ0n) is 19.1. The molecule has 2 amide bonds. The molecule has 1 saturated heterocycles. The lowest BCUT2D eigenvalue weighted by Crippen LogP contribution is -2.52. The number of ether oxygens (including phenoxy) is 1. The molecule has 2 aliphatic rings. The second-order valence-electron chi connectivity index (χ2n) is 8.62. The van der Waals surface area contributed by atoms with Crippen molar-refractivity contribution in [3.8, 4) is 23.0 Å². The van der Waals surface area contributed by atoms with Crippen LogP contribution in [0.4, 0.5) is 4.79 Å². The van der Waals surface area contributed by atoms with Gasteiger partial charge < -0.3 is 20.1 Å². The summed E-state index contributed by atoms with van der Waals surface area (Å²) in [6.45, 7) is 2.41. The zero-order valence-corrected chi connectivity index (χ0v) is 19.1. The molecule has 1 aliphatic carbocycles. The number of nitrogens with zero attached hydrogens (tertiary/aromatic N) is 1. The van der Waals surface area contributed by atoms with Crippen molar-refractivity contribution in [2.24, 2.45) is 5.92 Å². The molecular formula is C27H28N2O5. The minimum absolute atomic E-state index is 0.0823. The van der Waals surface area contributed by atoms with Crippen molar-refractivity contribution < 1.29 is 24.2 Å². The monoisotopic (exact) mass is 460 g/mol. The zero-order chi connectivity index (χ0) is 24.1. The molecule has 1 heterocycles. The number of aliphatic carboxylic acids is 1. The molecule has 0 saturated carbocycles. The number of rotatable bonds is 6. The number of alkyl carbamates (subject to hydrolysis) is 1. The SMILES string of the molecule is CC#CCC(NC(=O)OCC1c2ccccc2-c2ccccc21)C(=O)N1CCCC(C(=O)O)C1. The van der Waals surface area contributed by atoms with Gasteiger partial charge in [-0.05, 0) is 42.0 Å². The van der Waals surface area contributed by atoms with Gasteiger partial charge in [-0.2, -0.15) is 0 Å². The molecule has 0 spiro atoms. The molecule has 1 aliphatic heterocycles. The van der Waals surface area contributed by atoms with Gasteiger partial charge in [0.2, 0.25) is 5.91 Å². The fraction of sp³-hybridized carbons (Fsp3) is 0.370. The van der Waals surface area contributed by atoms with Crippen molar-refractivity contribution in [2.75, 3.05) is 19.7 Å². The van der Waals surface area contributed by atoms with Crippen LogP contribution < -0.4 is 5.32 Å². The lowest BCUT2D eigenvalue weighted by atomic mass is 9.97. The van der Waals surface area contributed by atoms with Crippen LogP contribution >= 0.6 is 0 Å². The summed E-state index contributed by atoms with van der Waals surface area (Å²) in [6.07, 6.45) is 0.594. The Labute approximate surface area is 199 Å². The summed E-state index contributed by atoms with van der Waals surface area (Å²) >= 11 is 0. The number of hydrogen-bond donors (Lipinski definition) is 2. The van der Waals surface area contributed by atoms with Gasteiger partial charge >= 0.3 is 12.1 Å². The maximum atomic E-state index is 13.1. The van der Waals surface area contributed by atoms with Gasteiger partial charge in [0.05, 0.1) is 5.92 Å². The predicted octanol–water partition coefficient (Wildman–Crippen LogP) is 3.63. The highest BCUT2D eigenvalue weighted by molar-refractivity contribution is 5.87. The highest BCUT2D eigenvalue weighted by Gasteiger charge is 2.33. The first-order valence-electron chi connectivity index (χ1n) is 11.5. The van der Waals surface area contributed by atoms with Crippen molar-refractivity contribution in [1.82, 2.24) is 10.2 Å². The second kappa shape index (κ2) is 10.4. The molecule has 2 unspecified atom stereocenters. The number of nitrogens with one attached hydrogen (secondary N) is 1. The lowest BCUT2D eigenvalue weighted by molar-refractivity contribution is -0.146. The molecule has 0 radical (unpaired) electrons. The highest BCUT2D eigenvalue weighted by atomic mass is 16.5. The lowest BCUT2D eigenvalue weighted by Gasteiger charge is -2.33. The first-order valence-corrected chi connectivity index (χ1v) is 11.5. The second-order valence-corrected chi connectivity index (χ2v) is 8.62. The fourth-order valence-corrected chi connectivity index (χ4v) is 4.79. The average molecular weight is 461 g/mol. The van der Waals surface area contributed by atoms with Crippen molar-refractivity contribution in [3.63, 3.8) is 0 Å². The van der Waals surface area contributed by atoms with Crippen LogP contribution in [0.5, 0.6) is 0 Å². The number of likely N-dealkylation sites (tertiary alicyclic amines) is 1. The number of piperidine rings is 1. The van der Waals surface area contributed by atoms with E-state index in [1.165, 1.54) is 4.90 Å². The van der Waals surface area contributed by atoms with E-state index in [4.69, 9.17) is 4.74 Å². The third-order valence-corrected chi connectivity index (χ3v) is 6.50. The van der Waals surface area contributed by atoms with E-state index >= 15 is 0 Å². The molecule has 176 valence electrons. The van der Waals surface area contributed by atoms with Crippen LogP contribution in [-0.4, -0.2) is 53.7 Å². The highest BCUT2D eigenvalue weighted by Crippen LogP contribution is 2.44. The fourth-order valence-electron chi connectivity index (χ4n) is 4.79. The molecule has 2 aromatic rings. The van der Waals surface area contributed by atoms with Crippen molar-refractivity contribution >= 4 is 18.0 Å². The molecule has 34 heavy (non-hydrogen) atoms. The molecular weight excluding hydrogens is 432 g/mol. The van der Waals surface area contributed by atoms with Gasteiger partial charge in [0.15, 0.2) is 0 Å². The molecule has 2 N–H and O–H groups in total. The van der Waals surface area contributed by atoms with E-state index in [9.17, 15) is 19.5 Å². The summed E-state index contributed by atoms with van der Waals surface area (Å²) in [7, 11) is 0. The van der Waals surface area contributed by atoms with Crippen LogP contribution in [0, 0.1) is 17.8 Å². The van der Waals surface area contributed by atoms with E-state index in [0.717, 1.165) is 22.3 Å². The van der Waals surface area contributed by atoms with Crippen LogP contribution in [-0.2, 0) is 14.3 Å². The van der Waals surface area contributed by atoms with Crippen LogP contribution in [0.2, 0.25) is 0 Å². The van der Waals surface area contributed by atoms with Gasteiger partial charge in [-0.3, -0.25) is 9.59 Å². The Morgan fingerprint density at radius 1 is 1.12 bits per heavy atom. The van der Waals surface area contributed by atoms with Crippen LogP contribution in [0.3, 0.4) is 0 Å². The quantitative estimate of drug-likeness (QED) is 0.642. The summed E-state index contributed by atoms with van der Waals surface area (Å²) in [5, 5.41) is 12.0. The molecule has 0 bridgehead atoms. The molecule has 7 nitrogen and oxygen atoms in total.